The predicted molar refractivity (Wildman–Crippen MR) is 69.9 cm³/mol. The largest absolute Gasteiger partial charge is 0.479 e. The van der Waals surface area contributed by atoms with E-state index in [0.29, 0.717) is 23.7 Å². The first-order chi connectivity index (χ1) is 9.13. The molecule has 1 fully saturated rings. The smallest absolute Gasteiger partial charge is 0.329 e. The van der Waals surface area contributed by atoms with Crippen LogP contribution in [-0.2, 0) is 10.3 Å². The highest BCUT2D eigenvalue weighted by Gasteiger charge is 2.47. The second-order valence-electron chi connectivity index (χ2n) is 4.72. The number of hydrogen-bond acceptors (Lipinski definition) is 3. The molecular formula is C13H12ClN3O2. The monoisotopic (exact) mass is 277 g/mol. The Hall–Kier alpha value is -1.88. The molecule has 98 valence electrons. The van der Waals surface area contributed by atoms with E-state index in [1.807, 2.05) is 12.1 Å². The number of benzene rings is 1. The third-order valence-corrected chi connectivity index (χ3v) is 3.94. The molecule has 0 amide bonds. The van der Waals surface area contributed by atoms with Gasteiger partial charge in [-0.15, -0.1) is 10.2 Å². The van der Waals surface area contributed by atoms with Crippen LogP contribution in [-0.4, -0.2) is 25.8 Å². The first-order valence-electron chi connectivity index (χ1n) is 6.03. The summed E-state index contributed by atoms with van der Waals surface area (Å²) >= 11 is 5.85. The number of halogens is 1. The average Bonchev–Trinajstić information content (AvgIpc) is 2.77. The van der Waals surface area contributed by atoms with E-state index >= 15 is 0 Å². The summed E-state index contributed by atoms with van der Waals surface area (Å²) in [7, 11) is 0. The van der Waals surface area contributed by atoms with E-state index in [-0.39, 0.29) is 0 Å². The Morgan fingerprint density at radius 2 is 2.00 bits per heavy atom. The molecule has 1 aromatic heterocycles. The van der Waals surface area contributed by atoms with E-state index in [2.05, 4.69) is 10.2 Å². The molecule has 3 rings (SSSR count). The molecule has 19 heavy (non-hydrogen) atoms. The number of aromatic nitrogens is 3. The van der Waals surface area contributed by atoms with E-state index in [9.17, 15) is 9.90 Å². The first kappa shape index (κ1) is 12.2. The number of hydrogen-bond donors (Lipinski definition) is 1. The van der Waals surface area contributed by atoms with Gasteiger partial charge in [0.15, 0.2) is 5.82 Å². The lowest BCUT2D eigenvalue weighted by Gasteiger charge is -2.39. The molecule has 0 aliphatic heterocycles. The number of carboxylic acid groups (broad SMARTS) is 1. The minimum atomic E-state index is -0.890. The number of carbonyl (C=O) groups is 1. The Morgan fingerprint density at radius 1 is 1.32 bits per heavy atom. The molecule has 1 aliphatic carbocycles. The minimum Gasteiger partial charge on any atom is -0.479 e. The van der Waals surface area contributed by atoms with E-state index in [4.69, 9.17) is 11.6 Å². The SMILES string of the molecule is O=C(O)C1(n2cnnc2-c2ccc(Cl)cc2)CCC1. The van der Waals surface area contributed by atoms with Crippen LogP contribution in [0.3, 0.4) is 0 Å². The van der Waals surface area contributed by atoms with Gasteiger partial charge in [0.2, 0.25) is 0 Å². The van der Waals surface area contributed by atoms with Crippen LogP contribution in [0.4, 0.5) is 0 Å². The Bertz CT molecular complexity index is 617. The van der Waals surface area contributed by atoms with Crippen LogP contribution < -0.4 is 0 Å². The second-order valence-corrected chi connectivity index (χ2v) is 5.16. The van der Waals surface area contributed by atoms with Gasteiger partial charge in [0.05, 0.1) is 0 Å². The standard InChI is InChI=1S/C13H12ClN3O2/c14-10-4-2-9(3-5-10)11-16-15-8-17(11)13(12(18)19)6-1-7-13/h2-5,8H,1,6-7H2,(H,18,19). The van der Waals surface area contributed by atoms with Crippen LogP contribution in [0.1, 0.15) is 19.3 Å². The zero-order valence-electron chi connectivity index (χ0n) is 10.1. The van der Waals surface area contributed by atoms with Crippen molar-refractivity contribution in [3.05, 3.63) is 35.6 Å². The molecule has 0 saturated heterocycles. The van der Waals surface area contributed by atoms with Crippen LogP contribution in [0.2, 0.25) is 5.02 Å². The van der Waals surface area contributed by atoms with Gasteiger partial charge in [-0.05, 0) is 43.5 Å². The summed E-state index contributed by atoms with van der Waals surface area (Å²) in [6.45, 7) is 0. The molecule has 1 aromatic carbocycles. The van der Waals surface area contributed by atoms with Gasteiger partial charge >= 0.3 is 5.97 Å². The highest BCUT2D eigenvalue weighted by Crippen LogP contribution is 2.41. The van der Waals surface area contributed by atoms with Gasteiger partial charge in [-0.25, -0.2) is 4.79 Å². The van der Waals surface area contributed by atoms with Crippen molar-refractivity contribution in [3.63, 3.8) is 0 Å². The molecule has 6 heteroatoms. The van der Waals surface area contributed by atoms with E-state index in [1.54, 1.807) is 16.7 Å². The Morgan fingerprint density at radius 3 is 2.53 bits per heavy atom. The summed E-state index contributed by atoms with van der Waals surface area (Å²) < 4.78 is 1.67. The van der Waals surface area contributed by atoms with Crippen molar-refractivity contribution in [3.8, 4) is 11.4 Å². The highest BCUT2D eigenvalue weighted by atomic mass is 35.5. The lowest BCUT2D eigenvalue weighted by Crippen LogP contribution is -2.47. The third kappa shape index (κ3) is 1.81. The number of nitrogens with zero attached hydrogens (tertiary/aromatic N) is 3. The zero-order valence-corrected chi connectivity index (χ0v) is 10.8. The topological polar surface area (TPSA) is 68.0 Å². The summed E-state index contributed by atoms with van der Waals surface area (Å²) in [5.41, 5.74) is -0.0761. The highest BCUT2D eigenvalue weighted by molar-refractivity contribution is 6.30. The van der Waals surface area contributed by atoms with Crippen molar-refractivity contribution in [2.45, 2.75) is 24.8 Å². The summed E-state index contributed by atoms with van der Waals surface area (Å²) in [5, 5.41) is 18.0. The lowest BCUT2D eigenvalue weighted by molar-refractivity contribution is -0.152. The predicted octanol–water partition coefficient (Wildman–Crippen LogP) is 2.56. The van der Waals surface area contributed by atoms with Crippen molar-refractivity contribution in [2.75, 3.05) is 0 Å². The average molecular weight is 278 g/mol. The maximum absolute atomic E-state index is 11.5. The summed E-state index contributed by atoms with van der Waals surface area (Å²) in [5.74, 6) is -0.257. The first-order valence-corrected chi connectivity index (χ1v) is 6.41. The lowest BCUT2D eigenvalue weighted by atomic mass is 9.76. The van der Waals surface area contributed by atoms with Gasteiger partial charge in [-0.3, -0.25) is 4.57 Å². The van der Waals surface area contributed by atoms with Crippen molar-refractivity contribution in [2.24, 2.45) is 0 Å². The molecule has 1 saturated carbocycles. The van der Waals surface area contributed by atoms with Crippen molar-refractivity contribution in [1.29, 1.82) is 0 Å². The van der Waals surface area contributed by atoms with E-state index in [0.717, 1.165) is 12.0 Å². The number of aliphatic carboxylic acids is 1. The van der Waals surface area contributed by atoms with Crippen molar-refractivity contribution >= 4 is 17.6 Å². The van der Waals surface area contributed by atoms with E-state index in [1.165, 1.54) is 6.33 Å². The molecule has 1 N–H and O–H groups in total. The molecule has 0 radical (unpaired) electrons. The van der Waals surface area contributed by atoms with Crippen LogP contribution >= 0.6 is 11.6 Å². The van der Waals surface area contributed by atoms with Crippen LogP contribution in [0.15, 0.2) is 30.6 Å². The molecule has 0 spiro atoms. The molecule has 0 bridgehead atoms. The molecule has 5 nitrogen and oxygen atoms in total. The summed E-state index contributed by atoms with van der Waals surface area (Å²) in [6, 6.07) is 7.14. The van der Waals surface area contributed by atoms with Gasteiger partial charge in [0.25, 0.3) is 0 Å². The molecule has 1 heterocycles. The van der Waals surface area contributed by atoms with Gasteiger partial charge in [-0.2, -0.15) is 0 Å². The van der Waals surface area contributed by atoms with Crippen LogP contribution in [0.5, 0.6) is 0 Å². The number of rotatable bonds is 3. The van der Waals surface area contributed by atoms with Crippen LogP contribution in [0, 0.1) is 0 Å². The van der Waals surface area contributed by atoms with Gasteiger partial charge < -0.3 is 5.11 Å². The maximum atomic E-state index is 11.5. The zero-order chi connectivity index (χ0) is 13.5. The maximum Gasteiger partial charge on any atom is 0.329 e. The summed E-state index contributed by atoms with van der Waals surface area (Å²) in [6.07, 6.45) is 3.63. The normalized spacial score (nSPS) is 16.9. The van der Waals surface area contributed by atoms with Crippen LogP contribution in [0.25, 0.3) is 11.4 Å². The van der Waals surface area contributed by atoms with Crippen molar-refractivity contribution < 1.29 is 9.90 Å². The molecule has 2 aromatic rings. The molecule has 0 atom stereocenters. The fourth-order valence-corrected chi connectivity index (χ4v) is 2.54. The Balaban J connectivity index is 2.08. The minimum absolute atomic E-state index is 0.568. The molecule has 0 unspecified atom stereocenters. The van der Waals surface area contributed by atoms with E-state index < -0.39 is 11.5 Å². The Kier molecular flexibility index (Phi) is 2.78. The third-order valence-electron chi connectivity index (χ3n) is 3.69. The summed E-state index contributed by atoms with van der Waals surface area (Å²) in [4.78, 5) is 11.5. The van der Waals surface area contributed by atoms with Gasteiger partial charge in [0, 0.05) is 10.6 Å². The van der Waals surface area contributed by atoms with Gasteiger partial charge in [-0.1, -0.05) is 11.6 Å². The van der Waals surface area contributed by atoms with Crippen molar-refractivity contribution in [1.82, 2.24) is 14.8 Å². The quantitative estimate of drug-likeness (QED) is 0.936. The Labute approximate surface area is 114 Å². The molecule has 1 aliphatic rings. The van der Waals surface area contributed by atoms with Gasteiger partial charge in [0.1, 0.15) is 11.9 Å². The fraction of sp³-hybridized carbons (Fsp3) is 0.308. The fourth-order valence-electron chi connectivity index (χ4n) is 2.41. The number of carboxylic acids is 1. The molecular weight excluding hydrogens is 266 g/mol. The second kappa shape index (κ2) is 4.35.